The van der Waals surface area contributed by atoms with E-state index in [0.29, 0.717) is 5.75 Å². The molecular formula is C25H35NaO5S. The Bertz CT molecular complexity index is 882. The van der Waals surface area contributed by atoms with Crippen molar-refractivity contribution in [1.29, 1.82) is 0 Å². The Balaban J connectivity index is 0.00000512. The molecule has 0 amide bonds. The maximum atomic E-state index is 11.5. The summed E-state index contributed by atoms with van der Waals surface area (Å²) in [7, 11) is -4.47. The molecule has 0 radical (unpaired) electrons. The quantitative estimate of drug-likeness (QED) is 0.244. The van der Waals surface area contributed by atoms with Crippen LogP contribution in [0.1, 0.15) is 83.1 Å². The number of ether oxygens (including phenoxy) is 1. The van der Waals surface area contributed by atoms with E-state index in [1.165, 1.54) is 69.8 Å². The molecule has 2 aromatic rings. The van der Waals surface area contributed by atoms with Crippen LogP contribution in [0.15, 0.2) is 47.4 Å². The maximum absolute atomic E-state index is 11.5. The van der Waals surface area contributed by atoms with Gasteiger partial charge in [0, 0.05) is 0 Å². The van der Waals surface area contributed by atoms with Crippen LogP contribution in [0, 0.1) is 0 Å². The zero-order chi connectivity index (χ0) is 22.5. The molecule has 0 aromatic heterocycles. The average molecular weight is 471 g/mol. The van der Waals surface area contributed by atoms with Crippen LogP contribution in [0.2, 0.25) is 0 Å². The van der Waals surface area contributed by atoms with Crippen LogP contribution < -0.4 is 39.4 Å². The van der Waals surface area contributed by atoms with Crippen molar-refractivity contribution in [3.63, 3.8) is 0 Å². The number of aryl methyl sites for hydroxylation is 1. The summed E-state index contributed by atoms with van der Waals surface area (Å²) in [4.78, 5) is -0.419. The topological polar surface area (TPSA) is 86.7 Å². The summed E-state index contributed by atoms with van der Waals surface area (Å²) in [5, 5.41) is 11.5. The third-order valence-electron chi connectivity index (χ3n) is 5.41. The number of rotatable bonds is 15. The van der Waals surface area contributed by atoms with E-state index in [2.05, 4.69) is 6.92 Å². The third kappa shape index (κ3) is 11.2. The van der Waals surface area contributed by atoms with Gasteiger partial charge >= 0.3 is 29.6 Å². The SMILES string of the molecule is CCCCCCCCCCCCCc1ccc(Oc2cc([O-])ccc2S(=O)(=O)O)cc1.[Na+]. The van der Waals surface area contributed by atoms with Gasteiger partial charge in [-0.3, -0.25) is 4.55 Å². The molecule has 0 aliphatic heterocycles. The van der Waals surface area contributed by atoms with Gasteiger partial charge in [-0.1, -0.05) is 89.3 Å². The van der Waals surface area contributed by atoms with Gasteiger partial charge < -0.3 is 9.84 Å². The van der Waals surface area contributed by atoms with Crippen LogP contribution in [-0.4, -0.2) is 13.0 Å². The Morgan fingerprint density at radius 1 is 0.812 bits per heavy atom. The predicted molar refractivity (Wildman–Crippen MR) is 122 cm³/mol. The van der Waals surface area contributed by atoms with Crippen molar-refractivity contribution in [1.82, 2.24) is 0 Å². The Kier molecular flexibility index (Phi) is 14.2. The Hall–Kier alpha value is -1.05. The third-order valence-corrected chi connectivity index (χ3v) is 6.31. The van der Waals surface area contributed by atoms with E-state index in [1.807, 2.05) is 12.1 Å². The standard InChI is InChI=1S/C25H36O5S.Na/c1-2-3-4-5-6-7-8-9-10-11-12-13-21-14-17-23(18-15-21)30-24-20-22(26)16-19-25(24)31(27,28)29;/h14-20,26H,2-13H2,1H3,(H,27,28,29);/q;+1/p-1. The molecule has 0 aliphatic carbocycles. The second-order valence-corrected chi connectivity index (χ2v) is 9.51. The fourth-order valence-corrected chi connectivity index (χ4v) is 4.22. The maximum Gasteiger partial charge on any atom is 1.00 e. The van der Waals surface area contributed by atoms with E-state index in [9.17, 15) is 18.1 Å². The molecule has 7 heteroatoms. The largest absolute Gasteiger partial charge is 1.00 e. The Labute approximate surface area is 215 Å². The molecule has 32 heavy (non-hydrogen) atoms. The molecule has 0 aliphatic rings. The van der Waals surface area contributed by atoms with Gasteiger partial charge in [0.1, 0.15) is 16.4 Å². The smallest absolute Gasteiger partial charge is 0.872 e. The molecular weight excluding hydrogens is 435 g/mol. The minimum atomic E-state index is -4.47. The van der Waals surface area contributed by atoms with Crippen LogP contribution in [-0.2, 0) is 16.5 Å². The zero-order valence-corrected chi connectivity index (χ0v) is 22.3. The van der Waals surface area contributed by atoms with E-state index in [4.69, 9.17) is 4.74 Å². The predicted octanol–water partition coefficient (Wildman–Crippen LogP) is 3.66. The van der Waals surface area contributed by atoms with Crippen molar-refractivity contribution < 1.29 is 52.4 Å². The molecule has 0 heterocycles. The van der Waals surface area contributed by atoms with Crippen molar-refractivity contribution in [2.75, 3.05) is 0 Å². The molecule has 0 atom stereocenters. The van der Waals surface area contributed by atoms with Gasteiger partial charge in [-0.25, -0.2) is 0 Å². The van der Waals surface area contributed by atoms with Gasteiger partial charge in [-0.15, -0.1) is 5.75 Å². The number of unbranched alkanes of at least 4 members (excludes halogenated alkanes) is 10. The molecule has 0 bridgehead atoms. The number of hydrogen-bond acceptors (Lipinski definition) is 4. The summed E-state index contributed by atoms with van der Waals surface area (Å²) >= 11 is 0. The van der Waals surface area contributed by atoms with Crippen molar-refractivity contribution in [3.8, 4) is 17.2 Å². The van der Waals surface area contributed by atoms with Crippen molar-refractivity contribution in [3.05, 3.63) is 48.0 Å². The average Bonchev–Trinajstić information content (AvgIpc) is 2.72. The van der Waals surface area contributed by atoms with Crippen LogP contribution in [0.4, 0.5) is 0 Å². The van der Waals surface area contributed by atoms with Gasteiger partial charge in [0.2, 0.25) is 0 Å². The fourth-order valence-electron chi connectivity index (χ4n) is 3.63. The van der Waals surface area contributed by atoms with Crippen LogP contribution >= 0.6 is 0 Å². The first-order valence-corrected chi connectivity index (χ1v) is 12.9. The number of benzene rings is 2. The summed E-state index contributed by atoms with van der Waals surface area (Å²) in [5.74, 6) is -0.151. The summed E-state index contributed by atoms with van der Waals surface area (Å²) in [6.07, 6.45) is 15.5. The first-order valence-electron chi connectivity index (χ1n) is 11.5. The van der Waals surface area contributed by atoms with Gasteiger partial charge in [0.05, 0.1) is 0 Å². The zero-order valence-electron chi connectivity index (χ0n) is 19.5. The Morgan fingerprint density at radius 2 is 1.34 bits per heavy atom. The number of hydrogen-bond donors (Lipinski definition) is 1. The van der Waals surface area contributed by atoms with E-state index >= 15 is 0 Å². The van der Waals surface area contributed by atoms with Crippen molar-refractivity contribution >= 4 is 10.1 Å². The van der Waals surface area contributed by atoms with Gasteiger partial charge in [-0.05, 0) is 42.7 Å². The van der Waals surface area contributed by atoms with Crippen LogP contribution in [0.25, 0.3) is 0 Å². The molecule has 0 unspecified atom stereocenters. The van der Waals surface area contributed by atoms with Crippen LogP contribution in [0.3, 0.4) is 0 Å². The van der Waals surface area contributed by atoms with Gasteiger partial charge in [-0.2, -0.15) is 8.42 Å². The van der Waals surface area contributed by atoms with Crippen molar-refractivity contribution in [2.24, 2.45) is 0 Å². The van der Waals surface area contributed by atoms with Gasteiger partial charge in [0.25, 0.3) is 10.1 Å². The van der Waals surface area contributed by atoms with E-state index in [-0.39, 0.29) is 35.3 Å². The van der Waals surface area contributed by atoms with Gasteiger partial charge in [0.15, 0.2) is 0 Å². The Morgan fingerprint density at radius 3 is 1.88 bits per heavy atom. The molecule has 2 rings (SSSR count). The molecule has 0 spiro atoms. The first-order chi connectivity index (χ1) is 14.9. The summed E-state index contributed by atoms with van der Waals surface area (Å²) < 4.78 is 37.8. The minimum absolute atomic E-state index is 0. The molecule has 1 N–H and O–H groups in total. The molecule has 0 saturated heterocycles. The summed E-state index contributed by atoms with van der Waals surface area (Å²) in [6, 6.07) is 10.6. The van der Waals surface area contributed by atoms with Crippen molar-refractivity contribution in [2.45, 2.75) is 88.9 Å². The van der Waals surface area contributed by atoms with E-state index in [1.54, 1.807) is 12.1 Å². The van der Waals surface area contributed by atoms with Crippen LogP contribution in [0.5, 0.6) is 17.2 Å². The van der Waals surface area contributed by atoms with E-state index in [0.717, 1.165) is 31.0 Å². The molecule has 172 valence electrons. The molecule has 5 nitrogen and oxygen atoms in total. The normalized spacial score (nSPS) is 11.2. The fraction of sp³-hybridized carbons (Fsp3) is 0.520. The molecule has 2 aromatic carbocycles. The first kappa shape index (κ1) is 29.0. The summed E-state index contributed by atoms with van der Waals surface area (Å²) in [5.41, 5.74) is 1.19. The minimum Gasteiger partial charge on any atom is -0.872 e. The second kappa shape index (κ2) is 15.7. The van der Waals surface area contributed by atoms with E-state index < -0.39 is 20.8 Å². The monoisotopic (exact) mass is 470 g/mol. The molecule has 0 saturated carbocycles. The molecule has 0 fully saturated rings. The second-order valence-electron chi connectivity index (χ2n) is 8.12. The summed E-state index contributed by atoms with van der Waals surface area (Å²) in [6.45, 7) is 2.25.